The summed E-state index contributed by atoms with van der Waals surface area (Å²) in [5.74, 6) is 0. The molecule has 0 aromatic rings. The second-order valence-corrected chi connectivity index (χ2v) is 6.65. The minimum Gasteiger partial charge on any atom is -0.444 e. The van der Waals surface area contributed by atoms with Crippen molar-refractivity contribution in [3.05, 3.63) is 0 Å². The Kier molecular flexibility index (Phi) is 4.36. The number of carbonyl (C=O) groups is 1. The molecule has 0 aromatic heterocycles. The number of rotatable bonds is 2. The topological polar surface area (TPSA) is 50.8 Å². The molecule has 19 heavy (non-hydrogen) atoms. The lowest BCUT2D eigenvalue weighted by atomic mass is 9.97. The summed E-state index contributed by atoms with van der Waals surface area (Å²) in [5.41, 5.74) is -0.421. The fourth-order valence-electron chi connectivity index (χ4n) is 2.58. The second-order valence-electron chi connectivity index (χ2n) is 6.65. The maximum absolute atomic E-state index is 12.1. The third-order valence-electron chi connectivity index (χ3n) is 3.61. The summed E-state index contributed by atoms with van der Waals surface area (Å²) in [6, 6.07) is 1.22. The number of ether oxygens (including phenoxy) is 2. The lowest BCUT2D eigenvalue weighted by Gasteiger charge is -2.41. The minimum absolute atomic E-state index is 0.189. The number of amides is 1. The van der Waals surface area contributed by atoms with Gasteiger partial charge in [0.2, 0.25) is 0 Å². The van der Waals surface area contributed by atoms with E-state index in [9.17, 15) is 4.79 Å². The zero-order chi connectivity index (χ0) is 14.0. The first-order valence-electron chi connectivity index (χ1n) is 7.18. The molecule has 2 heterocycles. The number of nitrogens with zero attached hydrogens (tertiary/aromatic N) is 1. The summed E-state index contributed by atoms with van der Waals surface area (Å²) in [6.45, 7) is 10.2. The highest BCUT2D eigenvalue weighted by molar-refractivity contribution is 5.68. The lowest BCUT2D eigenvalue weighted by molar-refractivity contribution is -0.0194. The van der Waals surface area contributed by atoms with Gasteiger partial charge in [-0.3, -0.25) is 0 Å². The van der Waals surface area contributed by atoms with E-state index >= 15 is 0 Å². The van der Waals surface area contributed by atoms with Crippen LogP contribution in [-0.4, -0.2) is 54.5 Å². The highest BCUT2D eigenvalue weighted by Crippen LogP contribution is 2.21. The van der Waals surface area contributed by atoms with Gasteiger partial charge in [-0.25, -0.2) is 4.79 Å². The van der Waals surface area contributed by atoms with Crippen LogP contribution in [0.25, 0.3) is 0 Å². The number of nitrogens with one attached hydrogen (secondary N) is 1. The Morgan fingerprint density at radius 2 is 2.00 bits per heavy atom. The van der Waals surface area contributed by atoms with Crippen LogP contribution in [-0.2, 0) is 9.47 Å². The lowest BCUT2D eigenvalue weighted by Crippen LogP contribution is -2.56. The third-order valence-corrected chi connectivity index (χ3v) is 3.61. The molecule has 110 valence electrons. The molecule has 0 bridgehead atoms. The van der Waals surface area contributed by atoms with Crippen molar-refractivity contribution in [1.29, 1.82) is 0 Å². The molecule has 2 unspecified atom stereocenters. The van der Waals surface area contributed by atoms with E-state index in [1.807, 2.05) is 25.7 Å². The van der Waals surface area contributed by atoms with Crippen LogP contribution in [0.3, 0.4) is 0 Å². The first-order chi connectivity index (χ1) is 8.85. The van der Waals surface area contributed by atoms with E-state index in [1.54, 1.807) is 0 Å². The maximum atomic E-state index is 12.1. The summed E-state index contributed by atoms with van der Waals surface area (Å²) < 4.78 is 10.6. The minimum atomic E-state index is -0.421. The number of piperidine rings is 1. The number of likely N-dealkylation sites (tertiary alicyclic amines) is 1. The van der Waals surface area contributed by atoms with Crippen LogP contribution < -0.4 is 5.32 Å². The van der Waals surface area contributed by atoms with Crippen molar-refractivity contribution in [3.63, 3.8) is 0 Å². The number of carbonyl (C=O) groups excluding carboxylic acids is 1. The van der Waals surface area contributed by atoms with Crippen molar-refractivity contribution in [2.45, 2.75) is 64.3 Å². The van der Waals surface area contributed by atoms with Gasteiger partial charge in [-0.2, -0.15) is 0 Å². The molecule has 0 aromatic carbocycles. The summed E-state index contributed by atoms with van der Waals surface area (Å²) in [7, 11) is 0. The SMILES string of the molecule is CC1CC(NC2COC2)CCN1C(=O)OC(C)(C)C. The molecule has 2 fully saturated rings. The molecular formula is C14H26N2O3. The molecular weight excluding hydrogens is 244 g/mol. The van der Waals surface area contributed by atoms with Crippen LogP contribution in [0.5, 0.6) is 0 Å². The Morgan fingerprint density at radius 3 is 2.47 bits per heavy atom. The Morgan fingerprint density at radius 1 is 1.32 bits per heavy atom. The Labute approximate surface area is 115 Å². The highest BCUT2D eigenvalue weighted by Gasteiger charge is 2.33. The van der Waals surface area contributed by atoms with Crippen LogP contribution in [0.1, 0.15) is 40.5 Å². The van der Waals surface area contributed by atoms with Gasteiger partial charge in [0.15, 0.2) is 0 Å². The standard InChI is InChI=1S/C14H26N2O3/c1-10-7-11(15-12-8-18-9-12)5-6-16(10)13(17)19-14(2,3)4/h10-12,15H,5-9H2,1-4H3. The van der Waals surface area contributed by atoms with E-state index in [0.717, 1.165) is 32.6 Å². The molecule has 0 aliphatic carbocycles. The van der Waals surface area contributed by atoms with Crippen LogP contribution in [0, 0.1) is 0 Å². The average molecular weight is 270 g/mol. The largest absolute Gasteiger partial charge is 0.444 e. The van der Waals surface area contributed by atoms with Crippen LogP contribution >= 0.6 is 0 Å². The van der Waals surface area contributed by atoms with Gasteiger partial charge in [-0.05, 0) is 40.5 Å². The van der Waals surface area contributed by atoms with Gasteiger partial charge in [-0.15, -0.1) is 0 Å². The smallest absolute Gasteiger partial charge is 0.410 e. The van der Waals surface area contributed by atoms with E-state index < -0.39 is 5.60 Å². The molecule has 2 aliphatic rings. The molecule has 0 saturated carbocycles. The fourth-order valence-corrected chi connectivity index (χ4v) is 2.58. The van der Waals surface area contributed by atoms with Crippen LogP contribution in [0.15, 0.2) is 0 Å². The van der Waals surface area contributed by atoms with Gasteiger partial charge in [0.1, 0.15) is 5.60 Å². The molecule has 5 heteroatoms. The zero-order valence-corrected chi connectivity index (χ0v) is 12.4. The Balaban J connectivity index is 1.80. The predicted molar refractivity (Wildman–Crippen MR) is 73.2 cm³/mol. The van der Waals surface area contributed by atoms with Crippen LogP contribution in [0.2, 0.25) is 0 Å². The van der Waals surface area contributed by atoms with E-state index in [1.165, 1.54) is 0 Å². The third kappa shape index (κ3) is 4.08. The van der Waals surface area contributed by atoms with Gasteiger partial charge in [0.05, 0.1) is 19.3 Å². The quantitative estimate of drug-likeness (QED) is 0.831. The fraction of sp³-hybridized carbons (Fsp3) is 0.929. The maximum Gasteiger partial charge on any atom is 0.410 e. The number of hydrogen-bond acceptors (Lipinski definition) is 4. The monoisotopic (exact) mass is 270 g/mol. The summed E-state index contributed by atoms with van der Waals surface area (Å²) in [6.07, 6.45) is 1.78. The molecule has 5 nitrogen and oxygen atoms in total. The first-order valence-corrected chi connectivity index (χ1v) is 7.18. The second kappa shape index (κ2) is 5.67. The van der Waals surface area contributed by atoms with E-state index in [-0.39, 0.29) is 12.1 Å². The average Bonchev–Trinajstić information content (AvgIpc) is 2.21. The number of hydrogen-bond donors (Lipinski definition) is 1. The van der Waals surface area contributed by atoms with E-state index in [2.05, 4.69) is 12.2 Å². The highest BCUT2D eigenvalue weighted by atomic mass is 16.6. The van der Waals surface area contributed by atoms with Crippen LogP contribution in [0.4, 0.5) is 4.79 Å². The summed E-state index contributed by atoms with van der Waals surface area (Å²) in [5, 5.41) is 3.59. The first kappa shape index (κ1) is 14.6. The zero-order valence-electron chi connectivity index (χ0n) is 12.4. The Hall–Kier alpha value is -0.810. The van der Waals surface area contributed by atoms with Gasteiger partial charge in [0.25, 0.3) is 0 Å². The van der Waals surface area contributed by atoms with Crippen molar-refractivity contribution in [3.8, 4) is 0 Å². The van der Waals surface area contributed by atoms with Crippen molar-refractivity contribution < 1.29 is 14.3 Å². The van der Waals surface area contributed by atoms with Gasteiger partial charge in [-0.1, -0.05) is 0 Å². The molecule has 1 N–H and O–H groups in total. The molecule has 1 amide bonds. The molecule has 2 rings (SSSR count). The van der Waals surface area contributed by atoms with Gasteiger partial charge in [0, 0.05) is 18.6 Å². The molecule has 0 spiro atoms. The van der Waals surface area contributed by atoms with Crippen molar-refractivity contribution in [1.82, 2.24) is 10.2 Å². The molecule has 2 aliphatic heterocycles. The van der Waals surface area contributed by atoms with Crippen molar-refractivity contribution >= 4 is 6.09 Å². The summed E-state index contributed by atoms with van der Waals surface area (Å²) >= 11 is 0. The van der Waals surface area contributed by atoms with E-state index in [4.69, 9.17) is 9.47 Å². The Bertz CT molecular complexity index is 323. The van der Waals surface area contributed by atoms with E-state index in [0.29, 0.717) is 12.1 Å². The molecule has 2 atom stereocenters. The van der Waals surface area contributed by atoms with Crippen molar-refractivity contribution in [2.75, 3.05) is 19.8 Å². The molecule has 0 radical (unpaired) electrons. The van der Waals surface area contributed by atoms with Crippen molar-refractivity contribution in [2.24, 2.45) is 0 Å². The summed E-state index contributed by atoms with van der Waals surface area (Å²) in [4.78, 5) is 13.9. The predicted octanol–water partition coefficient (Wildman–Crippen LogP) is 1.76. The normalized spacial score (nSPS) is 28.9. The molecule has 2 saturated heterocycles. The van der Waals surface area contributed by atoms with Gasteiger partial charge < -0.3 is 19.7 Å². The van der Waals surface area contributed by atoms with Gasteiger partial charge >= 0.3 is 6.09 Å².